The first-order chi connectivity index (χ1) is 9.70. The maximum atomic E-state index is 12.1. The summed E-state index contributed by atoms with van der Waals surface area (Å²) < 4.78 is 5.81. The Morgan fingerprint density at radius 1 is 1.05 bits per heavy atom. The highest BCUT2D eigenvalue weighted by Crippen LogP contribution is 2.17. The first-order valence-corrected chi connectivity index (χ1v) is 7.49. The van der Waals surface area contributed by atoms with E-state index in [9.17, 15) is 4.79 Å². The first kappa shape index (κ1) is 14.8. The summed E-state index contributed by atoms with van der Waals surface area (Å²) in [5.41, 5.74) is 1.66. The zero-order valence-corrected chi connectivity index (χ0v) is 12.7. The smallest absolute Gasteiger partial charge is 0.173 e. The molecule has 0 radical (unpaired) electrons. The molecule has 0 bridgehead atoms. The summed E-state index contributed by atoms with van der Waals surface area (Å²) in [6, 6.07) is 16.8. The highest BCUT2D eigenvalue weighted by Gasteiger charge is 2.09. The molecule has 2 nitrogen and oxygen atoms in total. The van der Waals surface area contributed by atoms with Crippen molar-refractivity contribution in [2.75, 3.05) is 12.9 Å². The molecule has 2 rings (SSSR count). The Morgan fingerprint density at radius 3 is 2.30 bits per heavy atom. The van der Waals surface area contributed by atoms with Crippen molar-refractivity contribution < 1.29 is 9.53 Å². The molecular formula is C16H14O2S2. The van der Waals surface area contributed by atoms with Gasteiger partial charge in [0.1, 0.15) is 5.75 Å². The van der Waals surface area contributed by atoms with Crippen molar-refractivity contribution in [2.24, 2.45) is 0 Å². The summed E-state index contributed by atoms with van der Waals surface area (Å²) in [6.45, 7) is 0. The number of Topliss-reactive ketones (excluding diaryl/α,β-unsaturated/α-hetero) is 1. The van der Waals surface area contributed by atoms with Crippen LogP contribution in [0.4, 0.5) is 0 Å². The third-order valence-electron chi connectivity index (χ3n) is 2.76. The Morgan fingerprint density at radius 2 is 1.70 bits per heavy atom. The molecule has 0 aliphatic heterocycles. The Bertz CT molecular complexity index is 592. The van der Waals surface area contributed by atoms with Crippen LogP contribution in [0.3, 0.4) is 0 Å². The number of rotatable bonds is 5. The Kier molecular flexibility index (Phi) is 5.32. The molecule has 0 amide bonds. The van der Waals surface area contributed by atoms with Gasteiger partial charge in [-0.1, -0.05) is 42.5 Å². The van der Waals surface area contributed by atoms with Gasteiger partial charge in [0.25, 0.3) is 0 Å². The standard InChI is InChI=1S/C16H14O2S2/c1-18-14-9-7-12(8-10-14)15(17)11-20-16(19)13-5-3-2-4-6-13/h2-10H,11H2,1H3. The lowest BCUT2D eigenvalue weighted by molar-refractivity contribution is 0.102. The van der Waals surface area contributed by atoms with Crippen LogP contribution in [0.2, 0.25) is 0 Å². The average Bonchev–Trinajstić information content (AvgIpc) is 2.53. The number of benzene rings is 2. The van der Waals surface area contributed by atoms with Crippen LogP contribution in [0.25, 0.3) is 0 Å². The predicted molar refractivity (Wildman–Crippen MR) is 87.9 cm³/mol. The van der Waals surface area contributed by atoms with Crippen LogP contribution in [-0.4, -0.2) is 22.8 Å². The second kappa shape index (κ2) is 7.22. The SMILES string of the molecule is COc1ccc(C(=O)CSC(=S)c2ccccc2)cc1. The van der Waals surface area contributed by atoms with E-state index in [1.54, 1.807) is 31.4 Å². The van der Waals surface area contributed by atoms with E-state index in [1.807, 2.05) is 30.3 Å². The molecule has 0 aliphatic rings. The molecule has 2 aromatic rings. The van der Waals surface area contributed by atoms with Gasteiger partial charge in [0.2, 0.25) is 0 Å². The lowest BCUT2D eigenvalue weighted by atomic mass is 10.1. The number of hydrogen-bond acceptors (Lipinski definition) is 4. The number of ketones is 1. The van der Waals surface area contributed by atoms with Crippen molar-refractivity contribution in [3.63, 3.8) is 0 Å². The van der Waals surface area contributed by atoms with E-state index in [2.05, 4.69) is 0 Å². The second-order valence-corrected chi connectivity index (χ2v) is 5.75. The molecule has 0 unspecified atom stereocenters. The highest BCUT2D eigenvalue weighted by atomic mass is 32.2. The molecule has 0 aromatic heterocycles. The molecule has 0 atom stereocenters. The minimum absolute atomic E-state index is 0.0657. The minimum atomic E-state index is 0.0657. The second-order valence-electron chi connectivity index (χ2n) is 4.09. The quantitative estimate of drug-likeness (QED) is 0.616. The maximum Gasteiger partial charge on any atom is 0.173 e. The van der Waals surface area contributed by atoms with Gasteiger partial charge in [0.05, 0.1) is 17.1 Å². The Labute approximate surface area is 128 Å². The summed E-state index contributed by atoms with van der Waals surface area (Å²) in [5, 5.41) is 0. The van der Waals surface area contributed by atoms with Crippen LogP contribution in [0.5, 0.6) is 5.75 Å². The number of ether oxygens (including phenoxy) is 1. The van der Waals surface area contributed by atoms with Crippen molar-refractivity contribution in [3.05, 3.63) is 65.7 Å². The lowest BCUT2D eigenvalue weighted by Crippen LogP contribution is -2.05. The van der Waals surface area contributed by atoms with Crippen LogP contribution in [0, 0.1) is 0 Å². The molecule has 0 heterocycles. The largest absolute Gasteiger partial charge is 0.497 e. The molecule has 0 saturated heterocycles. The molecule has 0 spiro atoms. The van der Waals surface area contributed by atoms with Gasteiger partial charge in [-0.25, -0.2) is 0 Å². The number of carbonyl (C=O) groups is 1. The fraction of sp³-hybridized carbons (Fsp3) is 0.125. The van der Waals surface area contributed by atoms with E-state index >= 15 is 0 Å². The number of methoxy groups -OCH3 is 1. The highest BCUT2D eigenvalue weighted by molar-refractivity contribution is 8.24. The molecule has 0 aliphatic carbocycles. The number of thiocarbonyl (C=S) groups is 1. The molecule has 0 N–H and O–H groups in total. The van der Waals surface area contributed by atoms with Crippen LogP contribution in [-0.2, 0) is 0 Å². The zero-order chi connectivity index (χ0) is 14.4. The predicted octanol–water partition coefficient (Wildman–Crippen LogP) is 3.99. The topological polar surface area (TPSA) is 26.3 Å². The van der Waals surface area contributed by atoms with Crippen LogP contribution in [0.1, 0.15) is 15.9 Å². The molecule has 20 heavy (non-hydrogen) atoms. The monoisotopic (exact) mass is 302 g/mol. The van der Waals surface area contributed by atoms with Gasteiger partial charge in [-0.2, -0.15) is 0 Å². The normalized spacial score (nSPS) is 10.1. The first-order valence-electron chi connectivity index (χ1n) is 6.10. The van der Waals surface area contributed by atoms with Crippen molar-refractivity contribution in [1.29, 1.82) is 0 Å². The summed E-state index contributed by atoms with van der Waals surface area (Å²) in [6.07, 6.45) is 0. The summed E-state index contributed by atoms with van der Waals surface area (Å²) in [7, 11) is 1.60. The van der Waals surface area contributed by atoms with Gasteiger partial charge in [-0.15, -0.1) is 11.8 Å². The summed E-state index contributed by atoms with van der Waals surface area (Å²) in [5.74, 6) is 1.16. The molecule has 4 heteroatoms. The van der Waals surface area contributed by atoms with Gasteiger partial charge < -0.3 is 4.74 Å². The number of carbonyl (C=O) groups excluding carboxylic acids is 1. The average molecular weight is 302 g/mol. The van der Waals surface area contributed by atoms with E-state index in [-0.39, 0.29) is 5.78 Å². The van der Waals surface area contributed by atoms with Gasteiger partial charge in [-0.05, 0) is 29.8 Å². The van der Waals surface area contributed by atoms with E-state index in [1.165, 1.54) is 11.8 Å². The van der Waals surface area contributed by atoms with Crippen LogP contribution in [0.15, 0.2) is 54.6 Å². The zero-order valence-electron chi connectivity index (χ0n) is 11.0. The van der Waals surface area contributed by atoms with E-state index in [4.69, 9.17) is 17.0 Å². The van der Waals surface area contributed by atoms with Gasteiger partial charge in [0.15, 0.2) is 5.78 Å². The van der Waals surface area contributed by atoms with E-state index in [0.29, 0.717) is 11.3 Å². The van der Waals surface area contributed by atoms with Crippen molar-refractivity contribution >= 4 is 34.0 Å². The molecule has 0 saturated carbocycles. The van der Waals surface area contributed by atoms with Gasteiger partial charge in [0, 0.05) is 5.56 Å². The molecule has 102 valence electrons. The molecular weight excluding hydrogens is 288 g/mol. The lowest BCUT2D eigenvalue weighted by Gasteiger charge is -2.04. The number of thioether (sulfide) groups is 1. The third kappa shape index (κ3) is 3.92. The van der Waals surface area contributed by atoms with Crippen molar-refractivity contribution in [1.82, 2.24) is 0 Å². The fourth-order valence-electron chi connectivity index (χ4n) is 1.65. The van der Waals surface area contributed by atoms with Gasteiger partial charge in [-0.3, -0.25) is 4.79 Å². The van der Waals surface area contributed by atoms with Gasteiger partial charge >= 0.3 is 0 Å². The maximum absolute atomic E-state index is 12.1. The fourth-order valence-corrected chi connectivity index (χ4v) is 2.69. The van der Waals surface area contributed by atoms with Crippen LogP contribution >= 0.6 is 24.0 Å². The summed E-state index contributed by atoms with van der Waals surface area (Å²) >= 11 is 6.71. The summed E-state index contributed by atoms with van der Waals surface area (Å²) in [4.78, 5) is 12.1. The third-order valence-corrected chi connectivity index (χ3v) is 4.25. The molecule has 0 fully saturated rings. The van der Waals surface area contributed by atoms with E-state index < -0.39 is 0 Å². The number of hydrogen-bond donors (Lipinski definition) is 0. The van der Waals surface area contributed by atoms with Crippen molar-refractivity contribution in [2.45, 2.75) is 0 Å². The van der Waals surface area contributed by atoms with Crippen molar-refractivity contribution in [3.8, 4) is 5.75 Å². The Hall–Kier alpha value is -1.65. The van der Waals surface area contributed by atoms with Crippen LogP contribution < -0.4 is 4.74 Å². The Balaban J connectivity index is 1.93. The molecule has 2 aromatic carbocycles. The minimum Gasteiger partial charge on any atom is -0.497 e. The van der Waals surface area contributed by atoms with E-state index in [0.717, 1.165) is 15.5 Å².